The number of hydrogen-bond acceptors (Lipinski definition) is 3. The second kappa shape index (κ2) is 7.03. The van der Waals surface area contributed by atoms with Gasteiger partial charge in [0.05, 0.1) is 5.52 Å². The number of rotatable bonds is 5. The van der Waals surface area contributed by atoms with Crippen molar-refractivity contribution < 1.29 is 30.4 Å². The number of hydrogen-bond donors (Lipinski definition) is 0. The summed E-state index contributed by atoms with van der Waals surface area (Å²) >= 11 is 0. The van der Waals surface area contributed by atoms with E-state index in [0.29, 0.717) is 23.9 Å². The van der Waals surface area contributed by atoms with Gasteiger partial charge < -0.3 is 0 Å². The van der Waals surface area contributed by atoms with E-state index < -0.39 is 50.0 Å². The monoisotopic (exact) mass is 428 g/mol. The molecule has 1 saturated carbocycles. The molecule has 0 spiro atoms. The van der Waals surface area contributed by atoms with E-state index in [-0.39, 0.29) is 6.54 Å². The molecule has 1 aromatic heterocycles. The largest absolute Gasteiger partial charge is 0.256 e. The van der Waals surface area contributed by atoms with E-state index in [1.165, 1.54) is 6.20 Å². The first-order chi connectivity index (χ1) is 13.7. The van der Waals surface area contributed by atoms with Crippen molar-refractivity contribution in [3.05, 3.63) is 71.2 Å². The van der Waals surface area contributed by atoms with E-state index in [4.69, 9.17) is 0 Å². The average Bonchev–Trinajstić information content (AvgIpc) is 3.54. The smallest absolute Gasteiger partial charge is 0.249 e. The number of para-hydroxylation sites is 1. The third-order valence-electron chi connectivity index (χ3n) is 4.73. The first kappa shape index (κ1) is 19.7. The second-order valence-electron chi connectivity index (χ2n) is 6.67. The summed E-state index contributed by atoms with van der Waals surface area (Å²) in [6.07, 6.45) is 2.32. The van der Waals surface area contributed by atoms with E-state index in [1.54, 1.807) is 30.3 Å². The van der Waals surface area contributed by atoms with E-state index in [1.807, 2.05) is 0 Å². The molecule has 0 atom stereocenters. The van der Waals surface area contributed by atoms with Crippen molar-refractivity contribution in [2.75, 3.05) is 0 Å². The van der Waals surface area contributed by atoms with E-state index in [0.717, 1.165) is 9.69 Å². The number of pyridine rings is 1. The minimum Gasteiger partial charge on any atom is -0.256 e. The molecule has 0 unspecified atom stereocenters. The zero-order valence-corrected chi connectivity index (χ0v) is 15.5. The highest BCUT2D eigenvalue weighted by Gasteiger charge is 2.43. The quantitative estimate of drug-likeness (QED) is 0.346. The fraction of sp³-hybridized carbons (Fsp3) is 0.211. The van der Waals surface area contributed by atoms with Crippen LogP contribution in [0.3, 0.4) is 0 Å². The molecule has 4 rings (SSSR count). The molecule has 1 aliphatic carbocycles. The normalized spacial score (nSPS) is 14.7. The zero-order chi connectivity index (χ0) is 20.9. The van der Waals surface area contributed by atoms with Gasteiger partial charge in [0, 0.05) is 24.2 Å². The van der Waals surface area contributed by atoms with Crippen molar-refractivity contribution in [3.63, 3.8) is 0 Å². The highest BCUT2D eigenvalue weighted by Crippen LogP contribution is 2.37. The summed E-state index contributed by atoms with van der Waals surface area (Å²) in [4.78, 5) is 2.37. The Labute approximate surface area is 162 Å². The molecular formula is C19H13F5N2O2S. The average molecular weight is 428 g/mol. The van der Waals surface area contributed by atoms with Gasteiger partial charge in [0.15, 0.2) is 28.2 Å². The van der Waals surface area contributed by atoms with Crippen molar-refractivity contribution >= 4 is 20.9 Å². The van der Waals surface area contributed by atoms with Crippen LogP contribution < -0.4 is 0 Å². The molecule has 1 heterocycles. The fourth-order valence-corrected chi connectivity index (χ4v) is 4.94. The molecule has 0 N–H and O–H groups in total. The number of fused-ring (bicyclic) bond motifs is 1. The van der Waals surface area contributed by atoms with Gasteiger partial charge in [0.1, 0.15) is 0 Å². The number of sulfonamides is 1. The molecule has 0 amide bonds. The second-order valence-corrected chi connectivity index (χ2v) is 8.50. The van der Waals surface area contributed by atoms with E-state index >= 15 is 0 Å². The minimum absolute atomic E-state index is 0.319. The summed E-state index contributed by atoms with van der Waals surface area (Å²) in [7, 11) is -5.02. The molecular weight excluding hydrogens is 415 g/mol. The molecule has 0 aliphatic heterocycles. The fourth-order valence-electron chi connectivity index (χ4n) is 3.16. The van der Waals surface area contributed by atoms with Gasteiger partial charge in [-0.3, -0.25) is 4.98 Å². The molecule has 1 aliphatic rings. The van der Waals surface area contributed by atoms with Gasteiger partial charge in [-0.1, -0.05) is 24.3 Å². The number of aromatic nitrogens is 1. The highest BCUT2D eigenvalue weighted by molar-refractivity contribution is 7.89. The van der Waals surface area contributed by atoms with Crippen LogP contribution in [0.2, 0.25) is 0 Å². The summed E-state index contributed by atoms with van der Waals surface area (Å²) in [6, 6.07) is 7.86. The van der Waals surface area contributed by atoms with Crippen molar-refractivity contribution in [3.8, 4) is 0 Å². The Morgan fingerprint density at radius 3 is 2.10 bits per heavy atom. The Hall–Kier alpha value is -2.59. The molecule has 4 nitrogen and oxygen atoms in total. The Balaban J connectivity index is 1.85. The molecule has 3 aromatic rings. The van der Waals surface area contributed by atoms with Gasteiger partial charge in [0.2, 0.25) is 15.8 Å². The maximum Gasteiger partial charge on any atom is 0.249 e. The molecule has 2 aromatic carbocycles. The van der Waals surface area contributed by atoms with Gasteiger partial charge in [-0.05, 0) is 24.5 Å². The van der Waals surface area contributed by atoms with Crippen LogP contribution >= 0.6 is 0 Å². The van der Waals surface area contributed by atoms with Gasteiger partial charge in [-0.25, -0.2) is 30.4 Å². The predicted molar refractivity (Wildman–Crippen MR) is 93.7 cm³/mol. The van der Waals surface area contributed by atoms with Crippen LogP contribution in [0.1, 0.15) is 18.4 Å². The maximum atomic E-state index is 14.2. The Kier molecular flexibility index (Phi) is 4.78. The summed E-state index contributed by atoms with van der Waals surface area (Å²) in [5, 5.41) is 0.717. The summed E-state index contributed by atoms with van der Waals surface area (Å²) in [5.74, 6) is -11.8. The predicted octanol–water partition coefficient (Wildman–Crippen LogP) is 4.28. The lowest BCUT2D eigenvalue weighted by atomic mass is 10.1. The van der Waals surface area contributed by atoms with Crippen LogP contribution in [0.4, 0.5) is 22.0 Å². The Morgan fingerprint density at radius 1 is 0.897 bits per heavy atom. The van der Waals surface area contributed by atoms with Gasteiger partial charge in [-0.2, -0.15) is 4.31 Å². The summed E-state index contributed by atoms with van der Waals surface area (Å²) < 4.78 is 95.6. The lowest BCUT2D eigenvalue weighted by Gasteiger charge is -2.23. The minimum atomic E-state index is -5.02. The number of benzene rings is 2. The van der Waals surface area contributed by atoms with Gasteiger partial charge in [0.25, 0.3) is 0 Å². The van der Waals surface area contributed by atoms with Crippen molar-refractivity contribution in [1.82, 2.24) is 9.29 Å². The SMILES string of the molecule is O=S(=O)(c1c(F)c(F)c(F)c(F)c1F)N(Cc1cccc2cccnc12)C1CC1. The maximum absolute atomic E-state index is 14.2. The van der Waals surface area contributed by atoms with E-state index in [9.17, 15) is 30.4 Å². The molecule has 152 valence electrons. The van der Waals surface area contributed by atoms with Crippen molar-refractivity contribution in [1.29, 1.82) is 0 Å². The van der Waals surface area contributed by atoms with Crippen LogP contribution in [-0.4, -0.2) is 23.7 Å². The molecule has 1 fully saturated rings. The number of halogens is 5. The standard InChI is InChI=1S/C19H13F5N2O2S/c20-13-14(21)16(23)19(17(24)15(13)22)29(27,28)26(12-6-7-12)9-11-4-1-3-10-5-2-8-25-18(10)11/h1-5,8,12H,6-7,9H2. The summed E-state index contributed by atoms with van der Waals surface area (Å²) in [5.41, 5.74) is 0.927. The first-order valence-electron chi connectivity index (χ1n) is 8.59. The Bertz CT molecular complexity index is 1190. The Morgan fingerprint density at radius 2 is 1.48 bits per heavy atom. The number of nitrogens with zero attached hydrogens (tertiary/aromatic N) is 2. The highest BCUT2D eigenvalue weighted by atomic mass is 32.2. The molecule has 10 heteroatoms. The van der Waals surface area contributed by atoms with Crippen molar-refractivity contribution in [2.45, 2.75) is 30.3 Å². The van der Waals surface area contributed by atoms with Gasteiger partial charge >= 0.3 is 0 Å². The lowest BCUT2D eigenvalue weighted by Crippen LogP contribution is -2.34. The lowest BCUT2D eigenvalue weighted by molar-refractivity contribution is 0.346. The van der Waals surface area contributed by atoms with E-state index in [2.05, 4.69) is 4.98 Å². The zero-order valence-electron chi connectivity index (χ0n) is 14.7. The molecule has 29 heavy (non-hydrogen) atoms. The van der Waals surface area contributed by atoms with Crippen LogP contribution in [-0.2, 0) is 16.6 Å². The van der Waals surface area contributed by atoms with Crippen LogP contribution in [0.5, 0.6) is 0 Å². The third kappa shape index (κ3) is 3.25. The van der Waals surface area contributed by atoms with Crippen LogP contribution in [0, 0.1) is 29.1 Å². The van der Waals surface area contributed by atoms with Crippen LogP contribution in [0.15, 0.2) is 41.4 Å². The van der Waals surface area contributed by atoms with Crippen LogP contribution in [0.25, 0.3) is 10.9 Å². The third-order valence-corrected chi connectivity index (χ3v) is 6.65. The molecule has 0 saturated heterocycles. The van der Waals surface area contributed by atoms with Gasteiger partial charge in [-0.15, -0.1) is 0 Å². The molecule has 0 bridgehead atoms. The topological polar surface area (TPSA) is 50.3 Å². The first-order valence-corrected chi connectivity index (χ1v) is 10.0. The van der Waals surface area contributed by atoms with Crippen molar-refractivity contribution in [2.24, 2.45) is 0 Å². The summed E-state index contributed by atoms with van der Waals surface area (Å²) in [6.45, 7) is -0.319. The molecule has 0 radical (unpaired) electrons.